The Morgan fingerprint density at radius 3 is 1.12 bits per heavy atom. The molecular weight excluding hydrogens is 622 g/mol. The predicted octanol–water partition coefficient (Wildman–Crippen LogP) is 9.24. The second kappa shape index (κ2) is 11.6. The Morgan fingerprint density at radius 2 is 0.853 bits per heavy atom. The van der Waals surface area contributed by atoms with E-state index in [4.69, 9.17) is 0 Å². The molecule has 0 N–H and O–H groups in total. The van der Waals surface area contributed by atoms with Gasteiger partial charge in [-0.3, -0.25) is 0 Å². The van der Waals surface area contributed by atoms with Crippen LogP contribution in [0.3, 0.4) is 0 Å². The molecule has 34 heavy (non-hydrogen) atoms. The number of benzene rings is 2. The summed E-state index contributed by atoms with van der Waals surface area (Å²) in [5.74, 6) is 1.10. The number of allylic oxidation sites excluding steroid dienone is 8. The van der Waals surface area contributed by atoms with Crippen molar-refractivity contribution in [2.45, 2.75) is 55.4 Å². The molecule has 0 aromatic heterocycles. The maximum absolute atomic E-state index is 2.75. The molecule has 0 radical (unpaired) electrons. The molecule has 0 nitrogen and oxygen atoms in total. The van der Waals surface area contributed by atoms with E-state index in [2.05, 4.69) is 116 Å². The molecule has 0 heterocycles. The summed E-state index contributed by atoms with van der Waals surface area (Å²) in [7, 11) is 0. The topological polar surface area (TPSA) is 0 Å². The third-order valence-corrected chi connectivity index (χ3v) is 21.7. The van der Waals surface area contributed by atoms with Crippen LogP contribution in [0.5, 0.6) is 0 Å². The molecule has 2 unspecified atom stereocenters. The van der Waals surface area contributed by atoms with Crippen LogP contribution < -0.4 is 0 Å². The van der Waals surface area contributed by atoms with E-state index in [-0.39, 0.29) is 24.8 Å². The Kier molecular flexibility index (Phi) is 9.91. The SMILES string of the molecule is CC1=C(C)C(C)[C]([Hf]([C]2=C(C)C(C)=C(C)C2C)=[C](c2ccccc2)c2ccccc2)=C1C.Cl.Cl. The van der Waals surface area contributed by atoms with Crippen LogP contribution in [0.4, 0.5) is 0 Å². The van der Waals surface area contributed by atoms with E-state index in [9.17, 15) is 0 Å². The summed E-state index contributed by atoms with van der Waals surface area (Å²) in [6.07, 6.45) is 0. The fraction of sp³-hybridized carbons (Fsp3) is 0.323. The number of hydrogen-bond acceptors (Lipinski definition) is 0. The Hall–Kier alpha value is -1.28. The van der Waals surface area contributed by atoms with Crippen LogP contribution in [0.1, 0.15) is 66.5 Å². The normalized spacial score (nSPS) is 20.0. The second-order valence-corrected chi connectivity index (χ2v) is 18.0. The molecule has 0 aliphatic heterocycles. The van der Waals surface area contributed by atoms with Crippen LogP contribution in [0.25, 0.3) is 0 Å². The maximum atomic E-state index is 2.46. The molecule has 0 bridgehead atoms. The van der Waals surface area contributed by atoms with Gasteiger partial charge in [-0.15, -0.1) is 24.8 Å². The first-order valence-electron chi connectivity index (χ1n) is 11.9. The molecule has 2 aromatic carbocycles. The zero-order valence-corrected chi connectivity index (χ0v) is 27.0. The maximum Gasteiger partial charge on any atom is -0.147 e. The molecule has 0 saturated carbocycles. The van der Waals surface area contributed by atoms with Crippen LogP contribution in [0.2, 0.25) is 0 Å². The van der Waals surface area contributed by atoms with Gasteiger partial charge < -0.3 is 0 Å². The van der Waals surface area contributed by atoms with Gasteiger partial charge >= 0.3 is 203 Å². The zero-order valence-electron chi connectivity index (χ0n) is 21.7. The van der Waals surface area contributed by atoms with Gasteiger partial charge in [-0.05, 0) is 0 Å². The molecule has 4 rings (SSSR count). The summed E-state index contributed by atoms with van der Waals surface area (Å²) in [4.78, 5) is 0. The van der Waals surface area contributed by atoms with Crippen molar-refractivity contribution < 1.29 is 21.0 Å². The van der Waals surface area contributed by atoms with Gasteiger partial charge in [-0.1, -0.05) is 0 Å². The minimum absolute atomic E-state index is 0. The van der Waals surface area contributed by atoms with Crippen LogP contribution in [-0.2, 0) is 21.0 Å². The molecule has 2 aliphatic carbocycles. The van der Waals surface area contributed by atoms with Crippen molar-refractivity contribution in [2.24, 2.45) is 11.8 Å². The minimum Gasteiger partial charge on any atom is -0.147 e. The van der Waals surface area contributed by atoms with Crippen LogP contribution in [0.15, 0.2) is 101 Å². The number of halogens is 2. The molecule has 2 aromatic rings. The Labute approximate surface area is 226 Å². The van der Waals surface area contributed by atoms with Gasteiger partial charge in [0.2, 0.25) is 0 Å². The monoisotopic (exact) mass is 660 g/mol. The van der Waals surface area contributed by atoms with Crippen LogP contribution in [0, 0.1) is 11.8 Å². The number of rotatable bonds is 4. The van der Waals surface area contributed by atoms with Crippen molar-refractivity contribution in [3.63, 3.8) is 0 Å². The summed E-state index contributed by atoms with van der Waals surface area (Å²) >= 11 is -2.75. The Balaban J connectivity index is 0.00000204. The molecule has 0 amide bonds. The Bertz CT molecular complexity index is 1130. The molecule has 180 valence electrons. The molecular formula is C31H38Cl2Hf. The van der Waals surface area contributed by atoms with Crippen molar-refractivity contribution in [3.8, 4) is 0 Å². The van der Waals surface area contributed by atoms with E-state index in [1.54, 1.807) is 32.2 Å². The molecule has 0 fully saturated rings. The molecule has 0 saturated heterocycles. The summed E-state index contributed by atoms with van der Waals surface area (Å²) in [6, 6.07) is 22.5. The smallest absolute Gasteiger partial charge is 0.147 e. The third kappa shape index (κ3) is 4.86. The fourth-order valence-electron chi connectivity index (χ4n) is 5.61. The summed E-state index contributed by atoms with van der Waals surface area (Å²) in [5, 5.41) is 0. The van der Waals surface area contributed by atoms with Crippen LogP contribution in [-0.4, -0.2) is 3.26 Å². The third-order valence-electron chi connectivity index (χ3n) is 8.19. The zero-order chi connectivity index (χ0) is 23.2. The first kappa shape index (κ1) is 29.0. The van der Waals surface area contributed by atoms with Gasteiger partial charge in [0.25, 0.3) is 0 Å². The first-order chi connectivity index (χ1) is 15.3. The van der Waals surface area contributed by atoms with Crippen molar-refractivity contribution in [1.82, 2.24) is 0 Å². The quantitative estimate of drug-likeness (QED) is 0.287. The van der Waals surface area contributed by atoms with Crippen molar-refractivity contribution in [3.05, 3.63) is 112 Å². The van der Waals surface area contributed by atoms with Gasteiger partial charge in [0, 0.05) is 0 Å². The van der Waals surface area contributed by atoms with Gasteiger partial charge in [-0.2, -0.15) is 0 Å². The van der Waals surface area contributed by atoms with Gasteiger partial charge in [-0.25, -0.2) is 0 Å². The van der Waals surface area contributed by atoms with E-state index in [1.165, 1.54) is 22.3 Å². The van der Waals surface area contributed by atoms with Crippen molar-refractivity contribution in [1.29, 1.82) is 0 Å². The van der Waals surface area contributed by atoms with E-state index >= 15 is 0 Å². The first-order valence-corrected chi connectivity index (χ1v) is 17.3. The van der Waals surface area contributed by atoms with Gasteiger partial charge in [0.15, 0.2) is 0 Å². The number of hydrogen-bond donors (Lipinski definition) is 0. The summed E-state index contributed by atoms with van der Waals surface area (Å²) < 4.78 is 5.26. The Morgan fingerprint density at radius 1 is 0.529 bits per heavy atom. The molecule has 2 atom stereocenters. The molecule has 2 aliphatic rings. The fourth-order valence-corrected chi connectivity index (χ4v) is 20.6. The summed E-state index contributed by atoms with van der Waals surface area (Å²) in [6.45, 7) is 19.1. The molecule has 0 spiro atoms. The van der Waals surface area contributed by atoms with E-state index in [1.807, 2.05) is 0 Å². The van der Waals surface area contributed by atoms with Gasteiger partial charge in [0.05, 0.1) is 0 Å². The van der Waals surface area contributed by atoms with Crippen LogP contribution >= 0.6 is 24.8 Å². The van der Waals surface area contributed by atoms with E-state index in [0.29, 0.717) is 11.8 Å². The van der Waals surface area contributed by atoms with Gasteiger partial charge in [0.1, 0.15) is 0 Å². The standard InChI is InChI=1S/C13H10.2C9H13.2ClH.Hf/c1-3-7-12(8-4-1)11-13-9-5-2-6-10-13;2*1-6-5-7(2)9(4)8(6)3;;;/h1-10H;2*6H,1-4H3;2*1H;. The van der Waals surface area contributed by atoms with E-state index in [0.717, 1.165) is 0 Å². The van der Waals surface area contributed by atoms with Crippen molar-refractivity contribution >= 4 is 28.1 Å². The van der Waals surface area contributed by atoms with Crippen molar-refractivity contribution in [2.75, 3.05) is 0 Å². The average Bonchev–Trinajstić information content (AvgIpc) is 3.12. The average molecular weight is 660 g/mol. The second-order valence-electron chi connectivity index (χ2n) is 9.62. The largest absolute Gasteiger partial charge is 0.147 e. The van der Waals surface area contributed by atoms with E-state index < -0.39 is 21.0 Å². The predicted molar refractivity (Wildman–Crippen MR) is 151 cm³/mol. The molecule has 3 heteroatoms. The summed E-state index contributed by atoms with van der Waals surface area (Å²) in [5.41, 5.74) is 12.2. The minimum atomic E-state index is -2.75.